The summed E-state index contributed by atoms with van der Waals surface area (Å²) >= 11 is 1.76. The lowest BCUT2D eigenvalue weighted by atomic mass is 10.1. The number of nitrogens with one attached hydrogen (secondary N) is 2. The van der Waals surface area contributed by atoms with Crippen molar-refractivity contribution in [3.8, 4) is 0 Å². The largest absolute Gasteiger partial charge is 0.391 e. The monoisotopic (exact) mass is 288 g/mol. The Hall–Kier alpha value is -0.260. The summed E-state index contributed by atoms with van der Waals surface area (Å²) < 4.78 is 0. The van der Waals surface area contributed by atoms with E-state index >= 15 is 0 Å². The lowest BCUT2D eigenvalue weighted by Gasteiger charge is -2.14. The van der Waals surface area contributed by atoms with Crippen LogP contribution in [-0.2, 0) is 6.54 Å². The number of thioether (sulfide) groups is 1. The summed E-state index contributed by atoms with van der Waals surface area (Å²) in [6, 6.07) is 8.60. The molecule has 0 aromatic heterocycles. The Kier molecular flexibility index (Phi) is 7.04. The molecule has 0 amide bonds. The zero-order valence-corrected chi connectivity index (χ0v) is 12.2. The van der Waals surface area contributed by atoms with E-state index in [0.717, 1.165) is 26.2 Å². The second-order valence-corrected chi connectivity index (χ2v) is 5.34. The van der Waals surface area contributed by atoms with E-state index < -0.39 is 0 Å². The molecule has 0 bridgehead atoms. The molecule has 1 aliphatic heterocycles. The predicted octanol–water partition coefficient (Wildman–Crippen LogP) is 1.50. The SMILES string of the molecule is CSc1ccc(CNCC2CNCC2O)cc1.Cl. The molecule has 1 fully saturated rings. The van der Waals surface area contributed by atoms with Crippen molar-refractivity contribution in [1.82, 2.24) is 10.6 Å². The van der Waals surface area contributed by atoms with Crippen molar-refractivity contribution in [2.75, 3.05) is 25.9 Å². The predicted molar refractivity (Wildman–Crippen MR) is 79.5 cm³/mol. The van der Waals surface area contributed by atoms with Gasteiger partial charge in [-0.2, -0.15) is 0 Å². The van der Waals surface area contributed by atoms with Crippen molar-refractivity contribution in [2.24, 2.45) is 5.92 Å². The van der Waals surface area contributed by atoms with Gasteiger partial charge in [-0.1, -0.05) is 12.1 Å². The van der Waals surface area contributed by atoms with Gasteiger partial charge in [0.1, 0.15) is 0 Å². The smallest absolute Gasteiger partial charge is 0.0716 e. The highest BCUT2D eigenvalue weighted by atomic mass is 35.5. The molecule has 2 rings (SSSR count). The van der Waals surface area contributed by atoms with Crippen LogP contribution >= 0.6 is 24.2 Å². The molecular formula is C13H21ClN2OS. The fourth-order valence-electron chi connectivity index (χ4n) is 2.07. The molecule has 18 heavy (non-hydrogen) atoms. The standard InChI is InChI=1S/C13H20N2OS.ClH/c1-17-12-4-2-10(3-5-12)6-14-7-11-8-15-9-13(11)16;/h2-5,11,13-16H,6-9H2,1H3;1H. The Morgan fingerprint density at radius 1 is 1.33 bits per heavy atom. The fourth-order valence-corrected chi connectivity index (χ4v) is 2.48. The molecule has 1 saturated heterocycles. The minimum absolute atomic E-state index is 0. The third-order valence-corrected chi connectivity index (χ3v) is 3.94. The first-order valence-electron chi connectivity index (χ1n) is 6.02. The van der Waals surface area contributed by atoms with Crippen molar-refractivity contribution in [2.45, 2.75) is 17.5 Å². The Bertz CT molecular complexity index is 347. The highest BCUT2D eigenvalue weighted by Crippen LogP contribution is 2.15. The van der Waals surface area contributed by atoms with Gasteiger partial charge in [0.05, 0.1) is 6.10 Å². The highest BCUT2D eigenvalue weighted by Gasteiger charge is 2.23. The minimum atomic E-state index is -0.193. The Balaban J connectivity index is 0.00000162. The molecule has 1 aromatic rings. The molecule has 2 unspecified atom stereocenters. The van der Waals surface area contributed by atoms with E-state index in [0.29, 0.717) is 5.92 Å². The summed E-state index contributed by atoms with van der Waals surface area (Å²) in [5.41, 5.74) is 1.29. The van der Waals surface area contributed by atoms with Crippen LogP contribution in [0.4, 0.5) is 0 Å². The van der Waals surface area contributed by atoms with E-state index in [9.17, 15) is 5.11 Å². The Morgan fingerprint density at radius 2 is 2.06 bits per heavy atom. The first-order chi connectivity index (χ1) is 8.29. The number of rotatable bonds is 5. The maximum Gasteiger partial charge on any atom is 0.0716 e. The van der Waals surface area contributed by atoms with Gasteiger partial charge in [-0.3, -0.25) is 0 Å². The van der Waals surface area contributed by atoms with Gasteiger partial charge in [0.2, 0.25) is 0 Å². The lowest BCUT2D eigenvalue weighted by Crippen LogP contribution is -2.30. The molecule has 1 aliphatic rings. The van der Waals surface area contributed by atoms with Gasteiger partial charge in [0.25, 0.3) is 0 Å². The Morgan fingerprint density at radius 3 is 2.61 bits per heavy atom. The van der Waals surface area contributed by atoms with Crippen molar-refractivity contribution >= 4 is 24.2 Å². The molecule has 2 atom stereocenters. The van der Waals surface area contributed by atoms with Crippen molar-refractivity contribution in [3.05, 3.63) is 29.8 Å². The second-order valence-electron chi connectivity index (χ2n) is 4.46. The number of β-amino-alcohol motifs (C(OH)–C–C–N with tert-alkyl or cyclic N) is 1. The summed E-state index contributed by atoms with van der Waals surface area (Å²) in [6.45, 7) is 3.39. The van der Waals surface area contributed by atoms with Crippen LogP contribution in [0.1, 0.15) is 5.56 Å². The molecule has 3 nitrogen and oxygen atoms in total. The molecular weight excluding hydrogens is 268 g/mol. The number of hydrogen-bond donors (Lipinski definition) is 3. The van der Waals surface area contributed by atoms with E-state index in [4.69, 9.17) is 0 Å². The molecule has 0 saturated carbocycles. The van der Waals surface area contributed by atoms with Crippen LogP contribution in [0.2, 0.25) is 0 Å². The maximum absolute atomic E-state index is 9.65. The number of halogens is 1. The number of hydrogen-bond acceptors (Lipinski definition) is 4. The minimum Gasteiger partial charge on any atom is -0.391 e. The third kappa shape index (κ3) is 4.44. The number of aliphatic hydroxyl groups excluding tert-OH is 1. The zero-order chi connectivity index (χ0) is 12.1. The van der Waals surface area contributed by atoms with Gasteiger partial charge >= 0.3 is 0 Å². The maximum atomic E-state index is 9.65. The van der Waals surface area contributed by atoms with E-state index in [1.807, 2.05) is 0 Å². The normalized spacial score (nSPS) is 22.8. The molecule has 0 aliphatic carbocycles. The first kappa shape index (κ1) is 15.8. The number of aliphatic hydroxyl groups is 1. The first-order valence-corrected chi connectivity index (χ1v) is 7.24. The van der Waals surface area contributed by atoms with E-state index in [2.05, 4.69) is 41.2 Å². The van der Waals surface area contributed by atoms with E-state index in [1.54, 1.807) is 11.8 Å². The summed E-state index contributed by atoms with van der Waals surface area (Å²) in [5, 5.41) is 16.2. The lowest BCUT2D eigenvalue weighted by molar-refractivity contribution is 0.146. The summed E-state index contributed by atoms with van der Waals surface area (Å²) in [4.78, 5) is 1.30. The Labute approximate surface area is 119 Å². The van der Waals surface area contributed by atoms with Crippen molar-refractivity contribution in [1.29, 1.82) is 0 Å². The molecule has 1 aromatic carbocycles. The van der Waals surface area contributed by atoms with Gasteiger partial charge in [0.15, 0.2) is 0 Å². The van der Waals surface area contributed by atoms with Gasteiger partial charge in [0, 0.05) is 37.0 Å². The molecule has 5 heteroatoms. The topological polar surface area (TPSA) is 44.3 Å². The molecule has 1 heterocycles. The van der Waals surface area contributed by atoms with Crippen LogP contribution in [0.25, 0.3) is 0 Å². The summed E-state index contributed by atoms with van der Waals surface area (Å²) in [6.07, 6.45) is 1.89. The van der Waals surface area contributed by atoms with Crippen molar-refractivity contribution < 1.29 is 5.11 Å². The van der Waals surface area contributed by atoms with Crippen LogP contribution in [-0.4, -0.2) is 37.1 Å². The van der Waals surface area contributed by atoms with E-state index in [-0.39, 0.29) is 18.5 Å². The van der Waals surface area contributed by atoms with Crippen LogP contribution in [0, 0.1) is 5.92 Å². The summed E-state index contributed by atoms with van der Waals surface area (Å²) in [5.74, 6) is 0.348. The van der Waals surface area contributed by atoms with Gasteiger partial charge in [-0.15, -0.1) is 24.2 Å². The number of benzene rings is 1. The van der Waals surface area contributed by atoms with Crippen molar-refractivity contribution in [3.63, 3.8) is 0 Å². The fraction of sp³-hybridized carbons (Fsp3) is 0.538. The van der Waals surface area contributed by atoms with Crippen LogP contribution in [0.3, 0.4) is 0 Å². The average Bonchev–Trinajstić information content (AvgIpc) is 2.76. The highest BCUT2D eigenvalue weighted by molar-refractivity contribution is 7.98. The van der Waals surface area contributed by atoms with Crippen LogP contribution in [0.15, 0.2) is 29.2 Å². The van der Waals surface area contributed by atoms with Crippen LogP contribution < -0.4 is 10.6 Å². The van der Waals surface area contributed by atoms with Gasteiger partial charge in [-0.25, -0.2) is 0 Å². The molecule has 102 valence electrons. The van der Waals surface area contributed by atoms with Crippen LogP contribution in [0.5, 0.6) is 0 Å². The third-order valence-electron chi connectivity index (χ3n) is 3.20. The summed E-state index contributed by atoms with van der Waals surface area (Å²) in [7, 11) is 0. The van der Waals surface area contributed by atoms with E-state index in [1.165, 1.54) is 10.5 Å². The second kappa shape index (κ2) is 8.02. The van der Waals surface area contributed by atoms with Gasteiger partial charge < -0.3 is 15.7 Å². The average molecular weight is 289 g/mol. The molecule has 0 spiro atoms. The molecule has 3 N–H and O–H groups in total. The molecule has 0 radical (unpaired) electrons. The zero-order valence-electron chi connectivity index (χ0n) is 10.6. The van der Waals surface area contributed by atoms with Gasteiger partial charge in [-0.05, 0) is 24.0 Å². The quantitative estimate of drug-likeness (QED) is 0.719.